The van der Waals surface area contributed by atoms with Crippen LogP contribution in [0, 0.1) is 0 Å². The zero-order valence-electron chi connectivity index (χ0n) is 20.1. The fourth-order valence-corrected chi connectivity index (χ4v) is 5.62. The summed E-state index contributed by atoms with van der Waals surface area (Å²) in [7, 11) is 1.65. The second-order valence-corrected chi connectivity index (χ2v) is 10.1. The molecular weight excluding hydrogens is 464 g/mol. The van der Waals surface area contributed by atoms with Gasteiger partial charge in [0.05, 0.1) is 18.7 Å². The summed E-state index contributed by atoms with van der Waals surface area (Å²) in [6.07, 6.45) is 3.55. The molecule has 2 aromatic carbocycles. The van der Waals surface area contributed by atoms with E-state index in [4.69, 9.17) is 4.74 Å². The van der Waals surface area contributed by atoms with Crippen LogP contribution in [0.1, 0.15) is 48.1 Å². The SMILES string of the molecule is COc1ccc(C(CNC(=O)c2ccccc2SCC2(C)NC(=O)NC2=O)N2CCCCC2)cc1. The van der Waals surface area contributed by atoms with E-state index in [9.17, 15) is 14.4 Å². The molecule has 35 heavy (non-hydrogen) atoms. The standard InChI is InChI=1S/C26H32N4O4S/c1-26(24(32)28-25(33)29-26)17-35-22-9-5-4-8-20(22)23(31)27-16-21(30-14-6-3-7-15-30)18-10-12-19(34-2)13-11-18/h4-5,8-13,21H,3,6-7,14-17H2,1-2H3,(H,27,31)(H2,28,29,32,33). The van der Waals surface area contributed by atoms with Crippen molar-refractivity contribution in [3.63, 3.8) is 0 Å². The van der Waals surface area contributed by atoms with Crippen LogP contribution in [-0.4, -0.2) is 60.8 Å². The molecule has 0 saturated carbocycles. The van der Waals surface area contributed by atoms with Crippen molar-refractivity contribution >= 4 is 29.6 Å². The van der Waals surface area contributed by atoms with E-state index in [-0.39, 0.29) is 17.9 Å². The Morgan fingerprint density at radius 2 is 1.83 bits per heavy atom. The van der Waals surface area contributed by atoms with Crippen LogP contribution in [0.4, 0.5) is 4.79 Å². The number of piperidine rings is 1. The molecule has 9 heteroatoms. The summed E-state index contributed by atoms with van der Waals surface area (Å²) in [6.45, 7) is 4.18. The summed E-state index contributed by atoms with van der Waals surface area (Å²) >= 11 is 1.38. The maximum Gasteiger partial charge on any atom is 0.322 e. The number of benzene rings is 2. The van der Waals surface area contributed by atoms with Crippen LogP contribution < -0.4 is 20.7 Å². The van der Waals surface area contributed by atoms with Gasteiger partial charge in [0, 0.05) is 17.2 Å². The number of imide groups is 1. The normalized spacial score (nSPS) is 21.2. The van der Waals surface area contributed by atoms with Gasteiger partial charge in [-0.3, -0.25) is 19.8 Å². The largest absolute Gasteiger partial charge is 0.497 e. The molecule has 8 nitrogen and oxygen atoms in total. The van der Waals surface area contributed by atoms with Crippen LogP contribution in [0.3, 0.4) is 0 Å². The molecule has 4 rings (SSSR count). The Labute approximate surface area is 210 Å². The number of hydrogen-bond acceptors (Lipinski definition) is 6. The molecule has 0 aliphatic carbocycles. The number of amides is 4. The third-order valence-electron chi connectivity index (χ3n) is 6.55. The molecular formula is C26H32N4O4S. The lowest BCUT2D eigenvalue weighted by molar-refractivity contribution is -0.122. The number of methoxy groups -OCH3 is 1. The molecule has 2 saturated heterocycles. The Morgan fingerprint density at radius 1 is 1.11 bits per heavy atom. The number of urea groups is 1. The summed E-state index contributed by atoms with van der Waals surface area (Å²) in [4.78, 5) is 40.2. The van der Waals surface area contributed by atoms with Gasteiger partial charge in [-0.15, -0.1) is 11.8 Å². The highest BCUT2D eigenvalue weighted by molar-refractivity contribution is 7.99. The molecule has 2 heterocycles. The first kappa shape index (κ1) is 25.1. The summed E-state index contributed by atoms with van der Waals surface area (Å²) in [5.74, 6) is 0.605. The zero-order valence-corrected chi connectivity index (χ0v) is 21.0. The minimum Gasteiger partial charge on any atom is -0.497 e. The first-order valence-corrected chi connectivity index (χ1v) is 12.9. The molecule has 2 fully saturated rings. The Balaban J connectivity index is 1.45. The lowest BCUT2D eigenvalue weighted by Gasteiger charge is -2.35. The molecule has 0 spiro atoms. The van der Waals surface area contributed by atoms with Crippen molar-refractivity contribution in [2.24, 2.45) is 0 Å². The summed E-state index contributed by atoms with van der Waals surface area (Å²) in [5, 5.41) is 8.08. The summed E-state index contributed by atoms with van der Waals surface area (Å²) in [6, 6.07) is 15.0. The second-order valence-electron chi connectivity index (χ2n) is 9.12. The van der Waals surface area contributed by atoms with Gasteiger partial charge in [-0.1, -0.05) is 30.7 Å². The lowest BCUT2D eigenvalue weighted by Crippen LogP contribution is -2.46. The predicted octanol–water partition coefficient (Wildman–Crippen LogP) is 3.34. The first-order valence-electron chi connectivity index (χ1n) is 11.9. The highest BCUT2D eigenvalue weighted by Gasteiger charge is 2.42. The van der Waals surface area contributed by atoms with Gasteiger partial charge in [0.25, 0.3) is 11.8 Å². The molecule has 2 atom stereocenters. The first-order chi connectivity index (χ1) is 16.9. The van der Waals surface area contributed by atoms with E-state index in [0.717, 1.165) is 42.1 Å². The molecule has 2 aliphatic heterocycles. The van der Waals surface area contributed by atoms with E-state index in [2.05, 4.69) is 33.0 Å². The molecule has 2 aromatic rings. The van der Waals surface area contributed by atoms with Crippen molar-refractivity contribution in [2.45, 2.75) is 42.7 Å². The van der Waals surface area contributed by atoms with Gasteiger partial charge in [0.1, 0.15) is 11.3 Å². The van der Waals surface area contributed by atoms with Gasteiger partial charge in [0.2, 0.25) is 0 Å². The average Bonchev–Trinajstić information content (AvgIpc) is 3.15. The average molecular weight is 497 g/mol. The Bertz CT molecular complexity index is 1070. The Morgan fingerprint density at radius 3 is 2.49 bits per heavy atom. The van der Waals surface area contributed by atoms with Crippen molar-refractivity contribution in [3.8, 4) is 5.75 Å². The van der Waals surface area contributed by atoms with Gasteiger partial charge < -0.3 is 15.4 Å². The smallest absolute Gasteiger partial charge is 0.322 e. The van der Waals surface area contributed by atoms with Gasteiger partial charge >= 0.3 is 6.03 Å². The number of thioether (sulfide) groups is 1. The number of nitrogens with zero attached hydrogens (tertiary/aromatic N) is 1. The number of nitrogens with one attached hydrogen (secondary N) is 3. The number of hydrogen-bond donors (Lipinski definition) is 3. The fraction of sp³-hybridized carbons (Fsp3) is 0.423. The number of likely N-dealkylation sites (tertiary alicyclic amines) is 1. The molecule has 2 aliphatic rings. The van der Waals surface area contributed by atoms with Gasteiger partial charge in [-0.25, -0.2) is 4.79 Å². The van der Waals surface area contributed by atoms with E-state index >= 15 is 0 Å². The minimum absolute atomic E-state index is 0.0706. The molecule has 0 radical (unpaired) electrons. The molecule has 4 amide bonds. The van der Waals surface area contributed by atoms with Crippen molar-refractivity contribution in [2.75, 3.05) is 32.5 Å². The van der Waals surface area contributed by atoms with E-state index < -0.39 is 11.6 Å². The highest BCUT2D eigenvalue weighted by Crippen LogP contribution is 2.29. The Kier molecular flexibility index (Phi) is 7.97. The summed E-state index contributed by atoms with van der Waals surface area (Å²) < 4.78 is 5.31. The number of carbonyl (C=O) groups is 3. The predicted molar refractivity (Wildman–Crippen MR) is 136 cm³/mol. The van der Waals surface area contributed by atoms with E-state index in [0.29, 0.717) is 17.9 Å². The Hall–Kier alpha value is -3.04. The van der Waals surface area contributed by atoms with E-state index in [1.807, 2.05) is 30.3 Å². The zero-order chi connectivity index (χ0) is 24.8. The van der Waals surface area contributed by atoms with Crippen molar-refractivity contribution in [1.29, 1.82) is 0 Å². The van der Waals surface area contributed by atoms with Crippen LogP contribution in [0.25, 0.3) is 0 Å². The van der Waals surface area contributed by atoms with Crippen LogP contribution >= 0.6 is 11.8 Å². The minimum atomic E-state index is -1.01. The third-order valence-corrected chi connectivity index (χ3v) is 7.94. The lowest BCUT2D eigenvalue weighted by atomic mass is 10.0. The van der Waals surface area contributed by atoms with E-state index in [1.165, 1.54) is 18.2 Å². The van der Waals surface area contributed by atoms with Crippen LogP contribution in [0.5, 0.6) is 5.75 Å². The topological polar surface area (TPSA) is 99.8 Å². The highest BCUT2D eigenvalue weighted by atomic mass is 32.2. The monoisotopic (exact) mass is 496 g/mol. The third kappa shape index (κ3) is 5.97. The van der Waals surface area contributed by atoms with Gasteiger partial charge in [-0.2, -0.15) is 0 Å². The summed E-state index contributed by atoms with van der Waals surface area (Å²) in [5.41, 5.74) is 0.684. The number of ether oxygens (including phenoxy) is 1. The van der Waals surface area contributed by atoms with Gasteiger partial charge in [0.15, 0.2) is 0 Å². The van der Waals surface area contributed by atoms with Crippen LogP contribution in [-0.2, 0) is 4.79 Å². The van der Waals surface area contributed by atoms with Crippen LogP contribution in [0.15, 0.2) is 53.4 Å². The molecule has 2 unspecified atom stereocenters. The molecule has 0 aromatic heterocycles. The molecule has 0 bridgehead atoms. The van der Waals surface area contributed by atoms with Crippen molar-refractivity contribution < 1.29 is 19.1 Å². The van der Waals surface area contributed by atoms with E-state index in [1.54, 1.807) is 20.1 Å². The number of carbonyl (C=O) groups excluding carboxylic acids is 3. The maximum atomic E-state index is 13.3. The van der Waals surface area contributed by atoms with Crippen molar-refractivity contribution in [1.82, 2.24) is 20.9 Å². The second kappa shape index (κ2) is 11.1. The molecule has 3 N–H and O–H groups in total. The van der Waals surface area contributed by atoms with Crippen molar-refractivity contribution in [3.05, 3.63) is 59.7 Å². The fourth-order valence-electron chi connectivity index (χ4n) is 4.48. The molecule has 186 valence electrons. The van der Waals surface area contributed by atoms with Crippen LogP contribution in [0.2, 0.25) is 0 Å². The maximum absolute atomic E-state index is 13.3. The van der Waals surface area contributed by atoms with Gasteiger partial charge in [-0.05, 0) is 62.7 Å². The quantitative estimate of drug-likeness (QED) is 0.364. The number of rotatable bonds is 9.